The predicted octanol–water partition coefficient (Wildman–Crippen LogP) is 0.965. The Balaban J connectivity index is 1.52. The fourth-order valence-corrected chi connectivity index (χ4v) is 2.81. The number of carbonyl (C=O) groups excluding carboxylic acids is 2. The second-order valence-corrected chi connectivity index (χ2v) is 6.03. The van der Waals surface area contributed by atoms with Gasteiger partial charge in [0.2, 0.25) is 17.7 Å². The van der Waals surface area contributed by atoms with Crippen molar-refractivity contribution in [3.63, 3.8) is 0 Å². The topological polar surface area (TPSA) is 71.5 Å². The molecule has 2 aliphatic rings. The van der Waals surface area contributed by atoms with Gasteiger partial charge in [0.1, 0.15) is 0 Å². The minimum absolute atomic E-state index is 0.0717. The Labute approximate surface area is 129 Å². The van der Waals surface area contributed by atoms with E-state index < -0.39 is 0 Å². The first-order valence-electron chi connectivity index (χ1n) is 7.70. The van der Waals surface area contributed by atoms with Crippen LogP contribution >= 0.6 is 0 Å². The number of hydrogen-bond acceptors (Lipinski definition) is 4. The van der Waals surface area contributed by atoms with Gasteiger partial charge in [-0.05, 0) is 24.8 Å². The molecule has 6 heteroatoms. The quantitative estimate of drug-likeness (QED) is 0.850. The van der Waals surface area contributed by atoms with Crippen LogP contribution < -0.4 is 10.1 Å². The van der Waals surface area contributed by atoms with Crippen molar-refractivity contribution >= 4 is 11.8 Å². The second kappa shape index (κ2) is 6.34. The van der Waals surface area contributed by atoms with Crippen LogP contribution in [0.2, 0.25) is 0 Å². The Morgan fingerprint density at radius 1 is 1.50 bits per heavy atom. The Morgan fingerprint density at radius 3 is 3.05 bits per heavy atom. The lowest BCUT2D eigenvalue weighted by Crippen LogP contribution is -2.33. The maximum Gasteiger partial charge on any atom is 0.225 e. The van der Waals surface area contributed by atoms with Crippen molar-refractivity contribution in [1.82, 2.24) is 15.2 Å². The molecule has 0 radical (unpaired) electrons. The van der Waals surface area contributed by atoms with Gasteiger partial charge in [-0.3, -0.25) is 9.59 Å². The number of rotatable bonds is 6. The van der Waals surface area contributed by atoms with E-state index in [9.17, 15) is 9.59 Å². The Morgan fingerprint density at radius 2 is 2.32 bits per heavy atom. The van der Waals surface area contributed by atoms with Crippen molar-refractivity contribution in [3.8, 4) is 5.88 Å². The zero-order valence-electron chi connectivity index (χ0n) is 12.7. The monoisotopic (exact) mass is 303 g/mol. The molecule has 22 heavy (non-hydrogen) atoms. The van der Waals surface area contributed by atoms with Crippen LogP contribution in [-0.4, -0.2) is 41.9 Å². The molecule has 118 valence electrons. The molecule has 2 fully saturated rings. The average molecular weight is 303 g/mol. The van der Waals surface area contributed by atoms with Gasteiger partial charge in [0.15, 0.2) is 0 Å². The highest BCUT2D eigenvalue weighted by molar-refractivity contribution is 5.89. The molecule has 2 amide bonds. The number of likely N-dealkylation sites (tertiary alicyclic amines) is 1. The summed E-state index contributed by atoms with van der Waals surface area (Å²) in [4.78, 5) is 30.1. The molecular weight excluding hydrogens is 282 g/mol. The number of hydrogen-bond donors (Lipinski definition) is 1. The van der Waals surface area contributed by atoms with Crippen LogP contribution in [0.1, 0.15) is 24.8 Å². The molecule has 0 bridgehead atoms. The maximum absolute atomic E-state index is 12.3. The van der Waals surface area contributed by atoms with E-state index in [1.165, 1.54) is 12.8 Å². The highest BCUT2D eigenvalue weighted by atomic mass is 16.5. The van der Waals surface area contributed by atoms with Gasteiger partial charge in [0, 0.05) is 37.8 Å². The summed E-state index contributed by atoms with van der Waals surface area (Å²) in [6.45, 7) is 1.73. The van der Waals surface area contributed by atoms with Crippen LogP contribution in [0.4, 0.5) is 0 Å². The molecule has 2 heterocycles. The SMILES string of the molecule is COc1ncccc1CNC(=O)C1CC(=O)N(CC2CC2)C1. The predicted molar refractivity (Wildman–Crippen MR) is 80.0 cm³/mol. The van der Waals surface area contributed by atoms with E-state index in [1.54, 1.807) is 19.4 Å². The van der Waals surface area contributed by atoms with Gasteiger partial charge < -0.3 is 15.0 Å². The van der Waals surface area contributed by atoms with Crippen LogP contribution in [0.5, 0.6) is 5.88 Å². The molecule has 1 saturated heterocycles. The highest BCUT2D eigenvalue weighted by Crippen LogP contribution is 2.32. The average Bonchev–Trinajstić information content (AvgIpc) is 3.27. The summed E-state index contributed by atoms with van der Waals surface area (Å²) in [5, 5.41) is 2.89. The lowest BCUT2D eigenvalue weighted by Gasteiger charge is -2.16. The second-order valence-electron chi connectivity index (χ2n) is 6.03. The third-order valence-electron chi connectivity index (χ3n) is 4.26. The summed E-state index contributed by atoms with van der Waals surface area (Å²) in [5.74, 6) is 0.962. The number of aromatic nitrogens is 1. The van der Waals surface area contributed by atoms with Gasteiger partial charge >= 0.3 is 0 Å². The lowest BCUT2D eigenvalue weighted by atomic mass is 10.1. The fraction of sp³-hybridized carbons (Fsp3) is 0.562. The van der Waals surface area contributed by atoms with Gasteiger partial charge in [-0.1, -0.05) is 6.07 Å². The van der Waals surface area contributed by atoms with Crippen molar-refractivity contribution < 1.29 is 14.3 Å². The van der Waals surface area contributed by atoms with Gasteiger partial charge in [-0.2, -0.15) is 0 Å². The summed E-state index contributed by atoms with van der Waals surface area (Å²) >= 11 is 0. The van der Waals surface area contributed by atoms with Crippen molar-refractivity contribution in [1.29, 1.82) is 0 Å². The van der Waals surface area contributed by atoms with Crippen molar-refractivity contribution in [2.45, 2.75) is 25.8 Å². The molecule has 1 aliphatic carbocycles. The standard InChI is InChI=1S/C16H21N3O3/c1-22-16-12(3-2-6-17-16)8-18-15(21)13-7-14(20)19(10-13)9-11-4-5-11/h2-3,6,11,13H,4-5,7-10H2,1H3,(H,18,21). The summed E-state index contributed by atoms with van der Waals surface area (Å²) in [7, 11) is 1.55. The molecule has 1 unspecified atom stereocenters. The first kappa shape index (κ1) is 14.8. The molecule has 1 saturated carbocycles. The van der Waals surface area contributed by atoms with Gasteiger partial charge in [-0.25, -0.2) is 4.98 Å². The van der Waals surface area contributed by atoms with E-state index in [1.807, 2.05) is 11.0 Å². The van der Waals surface area contributed by atoms with E-state index in [0.29, 0.717) is 31.3 Å². The molecule has 1 atom stereocenters. The minimum Gasteiger partial charge on any atom is -0.481 e. The summed E-state index contributed by atoms with van der Waals surface area (Å²) < 4.78 is 5.16. The lowest BCUT2D eigenvalue weighted by molar-refractivity contribution is -0.129. The number of ether oxygens (including phenoxy) is 1. The Kier molecular flexibility index (Phi) is 4.27. The zero-order chi connectivity index (χ0) is 15.5. The van der Waals surface area contributed by atoms with Crippen LogP contribution in [0.25, 0.3) is 0 Å². The minimum atomic E-state index is -0.242. The van der Waals surface area contributed by atoms with E-state index in [2.05, 4.69) is 10.3 Å². The first-order chi connectivity index (χ1) is 10.7. The molecule has 1 N–H and O–H groups in total. The number of carbonyl (C=O) groups is 2. The van der Waals surface area contributed by atoms with Crippen molar-refractivity contribution in [2.75, 3.05) is 20.2 Å². The molecule has 1 aliphatic heterocycles. The Bertz CT molecular complexity index is 572. The van der Waals surface area contributed by atoms with E-state index >= 15 is 0 Å². The number of nitrogens with zero attached hydrogens (tertiary/aromatic N) is 2. The van der Waals surface area contributed by atoms with Crippen LogP contribution in [0.15, 0.2) is 18.3 Å². The zero-order valence-corrected chi connectivity index (χ0v) is 12.7. The molecule has 6 nitrogen and oxygen atoms in total. The molecule has 1 aromatic rings. The van der Waals surface area contributed by atoms with Crippen molar-refractivity contribution in [3.05, 3.63) is 23.9 Å². The third kappa shape index (κ3) is 3.37. The van der Waals surface area contributed by atoms with Crippen LogP contribution in [0.3, 0.4) is 0 Å². The van der Waals surface area contributed by atoms with Gasteiger partial charge in [0.05, 0.1) is 13.0 Å². The normalized spacial score (nSPS) is 21.0. The molecule has 0 aromatic carbocycles. The number of methoxy groups -OCH3 is 1. The molecule has 0 spiro atoms. The summed E-state index contributed by atoms with van der Waals surface area (Å²) in [6, 6.07) is 3.67. The Hall–Kier alpha value is -2.11. The summed E-state index contributed by atoms with van der Waals surface area (Å²) in [6.07, 6.45) is 4.39. The van der Waals surface area contributed by atoms with Crippen molar-refractivity contribution in [2.24, 2.45) is 11.8 Å². The largest absolute Gasteiger partial charge is 0.481 e. The molecular formula is C16H21N3O3. The smallest absolute Gasteiger partial charge is 0.225 e. The molecule has 1 aromatic heterocycles. The highest BCUT2D eigenvalue weighted by Gasteiger charge is 2.36. The number of amides is 2. The first-order valence-corrected chi connectivity index (χ1v) is 7.70. The van der Waals surface area contributed by atoms with Gasteiger partial charge in [0.25, 0.3) is 0 Å². The summed E-state index contributed by atoms with van der Waals surface area (Å²) in [5.41, 5.74) is 0.831. The maximum atomic E-state index is 12.3. The molecule has 3 rings (SSSR count). The van der Waals surface area contributed by atoms with E-state index in [4.69, 9.17) is 4.74 Å². The van der Waals surface area contributed by atoms with E-state index in [-0.39, 0.29) is 17.7 Å². The van der Waals surface area contributed by atoms with Gasteiger partial charge in [-0.15, -0.1) is 0 Å². The fourth-order valence-electron chi connectivity index (χ4n) is 2.81. The number of nitrogens with one attached hydrogen (secondary N) is 1. The van der Waals surface area contributed by atoms with E-state index in [0.717, 1.165) is 12.1 Å². The van der Waals surface area contributed by atoms with Crippen LogP contribution in [0, 0.1) is 11.8 Å². The third-order valence-corrected chi connectivity index (χ3v) is 4.26. The number of pyridine rings is 1. The van der Waals surface area contributed by atoms with Crippen LogP contribution in [-0.2, 0) is 16.1 Å².